The lowest BCUT2D eigenvalue weighted by molar-refractivity contribution is -0.142. The van der Waals surface area contributed by atoms with Crippen LogP contribution in [-0.4, -0.2) is 37.7 Å². The van der Waals surface area contributed by atoms with Crippen LogP contribution in [0.15, 0.2) is 36.5 Å². The summed E-state index contributed by atoms with van der Waals surface area (Å²) in [7, 11) is 3.01. The topological polar surface area (TPSA) is 86.8 Å². The van der Waals surface area contributed by atoms with Crippen LogP contribution in [0.2, 0.25) is 10.0 Å². The smallest absolute Gasteiger partial charge is 0.331 e. The number of halogens is 2. The molecule has 1 aromatic carbocycles. The molecule has 0 saturated heterocycles. The van der Waals surface area contributed by atoms with Gasteiger partial charge >= 0.3 is 5.97 Å². The van der Waals surface area contributed by atoms with E-state index in [2.05, 4.69) is 10.3 Å². The summed E-state index contributed by atoms with van der Waals surface area (Å²) < 4.78 is 15.3. The second-order valence-electron chi connectivity index (χ2n) is 5.06. The molecule has 27 heavy (non-hydrogen) atoms. The van der Waals surface area contributed by atoms with Gasteiger partial charge in [0.1, 0.15) is 0 Å². The highest BCUT2D eigenvalue weighted by Crippen LogP contribution is 2.31. The summed E-state index contributed by atoms with van der Waals surface area (Å²) in [6.45, 7) is -0.501. The molecular formula is C18H16Cl2N2O5. The summed E-state index contributed by atoms with van der Waals surface area (Å²) in [4.78, 5) is 27.5. The Bertz CT molecular complexity index is 871. The molecule has 0 atom stereocenters. The number of aromatic nitrogens is 1. The Hall–Kier alpha value is -2.77. The molecule has 2 rings (SSSR count). The molecule has 1 amide bonds. The molecule has 7 nitrogen and oxygen atoms in total. The van der Waals surface area contributed by atoms with Crippen molar-refractivity contribution < 1.29 is 23.8 Å². The molecule has 1 aromatic heterocycles. The maximum absolute atomic E-state index is 11.8. The van der Waals surface area contributed by atoms with E-state index in [0.717, 1.165) is 0 Å². The van der Waals surface area contributed by atoms with Crippen LogP contribution in [0.25, 0.3) is 6.08 Å². The molecule has 0 saturated carbocycles. The van der Waals surface area contributed by atoms with E-state index in [1.807, 2.05) is 0 Å². The Morgan fingerprint density at radius 1 is 1.22 bits per heavy atom. The number of hydrogen-bond donors (Lipinski definition) is 1. The number of carbonyl (C=O) groups is 2. The zero-order chi connectivity index (χ0) is 19.8. The average Bonchev–Trinajstić information content (AvgIpc) is 2.66. The molecule has 0 aliphatic rings. The van der Waals surface area contributed by atoms with Crippen molar-refractivity contribution in [3.63, 3.8) is 0 Å². The van der Waals surface area contributed by atoms with E-state index < -0.39 is 18.5 Å². The number of nitrogens with zero attached hydrogens (tertiary/aromatic N) is 1. The predicted molar refractivity (Wildman–Crippen MR) is 102 cm³/mol. The molecule has 1 N–H and O–H groups in total. The number of esters is 1. The minimum Gasteiger partial charge on any atom is -0.493 e. The number of benzene rings is 1. The van der Waals surface area contributed by atoms with Crippen molar-refractivity contribution in [1.82, 2.24) is 4.98 Å². The minimum absolute atomic E-state index is 0.124. The summed E-state index contributed by atoms with van der Waals surface area (Å²) in [5.74, 6) is -0.165. The van der Waals surface area contributed by atoms with Gasteiger partial charge in [-0.2, -0.15) is 0 Å². The monoisotopic (exact) mass is 410 g/mol. The first-order valence-corrected chi connectivity index (χ1v) is 8.37. The number of anilines is 1. The highest BCUT2D eigenvalue weighted by atomic mass is 35.5. The minimum atomic E-state index is -0.704. The van der Waals surface area contributed by atoms with Gasteiger partial charge in [0.15, 0.2) is 23.9 Å². The van der Waals surface area contributed by atoms with Crippen molar-refractivity contribution in [1.29, 1.82) is 0 Å². The average molecular weight is 411 g/mol. The van der Waals surface area contributed by atoms with Crippen molar-refractivity contribution in [2.75, 3.05) is 26.1 Å². The fourth-order valence-corrected chi connectivity index (χ4v) is 2.49. The van der Waals surface area contributed by atoms with Crippen molar-refractivity contribution in [2.45, 2.75) is 0 Å². The molecule has 9 heteroatoms. The highest BCUT2D eigenvalue weighted by molar-refractivity contribution is 6.36. The number of hydrogen-bond acceptors (Lipinski definition) is 6. The van der Waals surface area contributed by atoms with E-state index in [4.69, 9.17) is 37.4 Å². The van der Waals surface area contributed by atoms with Crippen LogP contribution in [0.5, 0.6) is 11.5 Å². The van der Waals surface area contributed by atoms with E-state index in [-0.39, 0.29) is 10.8 Å². The lowest BCUT2D eigenvalue weighted by atomic mass is 10.1. The van der Waals surface area contributed by atoms with Gasteiger partial charge in [-0.05, 0) is 18.2 Å². The number of ether oxygens (including phenoxy) is 3. The first-order valence-electron chi connectivity index (χ1n) is 7.61. The van der Waals surface area contributed by atoms with Crippen molar-refractivity contribution in [2.24, 2.45) is 0 Å². The molecule has 142 valence electrons. The number of nitrogens with one attached hydrogen (secondary N) is 1. The van der Waals surface area contributed by atoms with Gasteiger partial charge in [-0.1, -0.05) is 35.3 Å². The number of carbonyl (C=O) groups excluding carboxylic acids is 2. The predicted octanol–water partition coefficient (Wildman–Crippen LogP) is 3.60. The molecule has 0 aliphatic heterocycles. The Balaban J connectivity index is 1.92. The van der Waals surface area contributed by atoms with E-state index >= 15 is 0 Å². The van der Waals surface area contributed by atoms with Gasteiger partial charge < -0.3 is 19.5 Å². The number of methoxy groups -OCH3 is 2. The molecular weight excluding hydrogens is 395 g/mol. The van der Waals surface area contributed by atoms with Gasteiger partial charge in [-0.25, -0.2) is 9.78 Å². The summed E-state index contributed by atoms with van der Waals surface area (Å²) in [5.41, 5.74) is 0.621. The van der Waals surface area contributed by atoms with E-state index in [1.54, 1.807) is 18.2 Å². The number of rotatable bonds is 7. The number of para-hydroxylation sites is 1. The standard InChI is InChI=1S/C18H16Cl2N2O5/c1-25-14-5-3-4-11(17(14)26-2)6-7-16(24)27-10-15(23)22-18-13(20)8-12(19)9-21-18/h3-9H,10H2,1-2H3,(H,21,22,23). The molecule has 0 radical (unpaired) electrons. The molecule has 1 heterocycles. The molecule has 2 aromatic rings. The lowest BCUT2D eigenvalue weighted by Gasteiger charge is -2.09. The van der Waals surface area contributed by atoms with E-state index in [0.29, 0.717) is 22.1 Å². The summed E-state index contributed by atoms with van der Waals surface area (Å²) in [6, 6.07) is 6.66. The first kappa shape index (κ1) is 20.5. The van der Waals surface area contributed by atoms with Gasteiger partial charge in [0.2, 0.25) is 0 Å². The Morgan fingerprint density at radius 2 is 2.00 bits per heavy atom. The normalized spacial score (nSPS) is 10.5. The number of pyridine rings is 1. The fraction of sp³-hybridized carbons (Fsp3) is 0.167. The summed E-state index contributed by atoms with van der Waals surface area (Å²) >= 11 is 11.6. The van der Waals surface area contributed by atoms with Crippen LogP contribution in [0.1, 0.15) is 5.56 Å². The Kier molecular flexibility index (Phi) is 7.45. The first-order chi connectivity index (χ1) is 12.9. The van der Waals surface area contributed by atoms with Gasteiger partial charge in [-0.15, -0.1) is 0 Å². The second-order valence-corrected chi connectivity index (χ2v) is 5.90. The van der Waals surface area contributed by atoms with Crippen molar-refractivity contribution in [3.8, 4) is 11.5 Å². The Morgan fingerprint density at radius 3 is 2.67 bits per heavy atom. The highest BCUT2D eigenvalue weighted by Gasteiger charge is 2.11. The molecule has 0 unspecified atom stereocenters. The van der Waals surface area contributed by atoms with Crippen LogP contribution in [0.3, 0.4) is 0 Å². The largest absolute Gasteiger partial charge is 0.493 e. The van der Waals surface area contributed by atoms with Crippen molar-refractivity contribution in [3.05, 3.63) is 52.1 Å². The van der Waals surface area contributed by atoms with Crippen LogP contribution in [-0.2, 0) is 14.3 Å². The van der Waals surface area contributed by atoms with Gasteiger partial charge in [0, 0.05) is 17.8 Å². The lowest BCUT2D eigenvalue weighted by Crippen LogP contribution is -2.20. The van der Waals surface area contributed by atoms with Gasteiger partial charge in [0.05, 0.1) is 24.3 Å². The Labute approximate surface area is 165 Å². The van der Waals surface area contributed by atoms with Crippen LogP contribution < -0.4 is 14.8 Å². The fourth-order valence-electron chi connectivity index (χ4n) is 2.06. The maximum Gasteiger partial charge on any atom is 0.331 e. The van der Waals surface area contributed by atoms with Gasteiger partial charge in [-0.3, -0.25) is 4.79 Å². The summed E-state index contributed by atoms with van der Waals surface area (Å²) in [6.07, 6.45) is 4.01. The molecule has 0 spiro atoms. The maximum atomic E-state index is 11.8. The third-order valence-corrected chi connectivity index (χ3v) is 3.74. The molecule has 0 bridgehead atoms. The molecule has 0 fully saturated rings. The van der Waals surface area contributed by atoms with Crippen molar-refractivity contribution >= 4 is 47.0 Å². The number of amides is 1. The van der Waals surface area contributed by atoms with Crippen LogP contribution >= 0.6 is 23.2 Å². The molecule has 0 aliphatic carbocycles. The van der Waals surface area contributed by atoms with E-state index in [9.17, 15) is 9.59 Å². The summed E-state index contributed by atoms with van der Waals surface area (Å²) in [5, 5.41) is 2.93. The third kappa shape index (κ3) is 5.87. The quantitative estimate of drug-likeness (QED) is 0.554. The SMILES string of the molecule is COc1cccc(C=CC(=O)OCC(=O)Nc2ncc(Cl)cc2Cl)c1OC. The zero-order valence-electron chi connectivity index (χ0n) is 14.5. The zero-order valence-corrected chi connectivity index (χ0v) is 16.0. The van der Waals surface area contributed by atoms with Crippen LogP contribution in [0.4, 0.5) is 5.82 Å². The second kappa shape index (κ2) is 9.80. The van der Waals surface area contributed by atoms with Gasteiger partial charge in [0.25, 0.3) is 5.91 Å². The van der Waals surface area contributed by atoms with Crippen LogP contribution in [0, 0.1) is 0 Å². The third-order valence-electron chi connectivity index (χ3n) is 3.24. The van der Waals surface area contributed by atoms with E-state index in [1.165, 1.54) is 38.6 Å².